The lowest BCUT2D eigenvalue weighted by molar-refractivity contribution is 0.280. The Morgan fingerprint density at radius 2 is 2.06 bits per heavy atom. The molecule has 0 heterocycles. The summed E-state index contributed by atoms with van der Waals surface area (Å²) in [5, 5.41) is 8.81. The van der Waals surface area contributed by atoms with Crippen LogP contribution in [-0.4, -0.2) is 18.8 Å². The Morgan fingerprint density at radius 3 is 2.59 bits per heavy atom. The predicted octanol–water partition coefficient (Wildman–Crippen LogP) is 2.59. The zero-order valence-corrected chi connectivity index (χ0v) is 10.9. The molecule has 0 aromatic heterocycles. The average molecular weight is 237 g/mol. The van der Waals surface area contributed by atoms with E-state index in [2.05, 4.69) is 19.9 Å². The Labute approximate surface area is 104 Å². The topological polar surface area (TPSA) is 55.5 Å². The second-order valence-corrected chi connectivity index (χ2v) is 4.63. The minimum Gasteiger partial charge on any atom is -0.496 e. The summed E-state index contributed by atoms with van der Waals surface area (Å²) in [6, 6.07) is 6.09. The van der Waals surface area contributed by atoms with Gasteiger partial charge < -0.3 is 15.6 Å². The third-order valence-corrected chi connectivity index (χ3v) is 2.98. The van der Waals surface area contributed by atoms with Crippen molar-refractivity contribution in [3.05, 3.63) is 29.3 Å². The van der Waals surface area contributed by atoms with E-state index in [1.165, 1.54) is 5.56 Å². The molecule has 0 radical (unpaired) electrons. The van der Waals surface area contributed by atoms with Gasteiger partial charge in [-0.25, -0.2) is 0 Å². The zero-order chi connectivity index (χ0) is 12.8. The number of methoxy groups -OCH3 is 1. The van der Waals surface area contributed by atoms with Crippen LogP contribution in [-0.2, 0) is 0 Å². The molecule has 3 nitrogen and oxygen atoms in total. The molecule has 1 rings (SSSR count). The van der Waals surface area contributed by atoms with Gasteiger partial charge in [-0.05, 0) is 36.0 Å². The summed E-state index contributed by atoms with van der Waals surface area (Å²) in [5.74, 6) is 1.33. The van der Waals surface area contributed by atoms with Crippen molar-refractivity contribution in [2.45, 2.75) is 38.6 Å². The summed E-state index contributed by atoms with van der Waals surface area (Å²) in [6.07, 6.45) is 1.55. The lowest BCUT2D eigenvalue weighted by Gasteiger charge is -2.17. The van der Waals surface area contributed by atoms with Gasteiger partial charge in [-0.3, -0.25) is 0 Å². The number of benzene rings is 1. The van der Waals surface area contributed by atoms with E-state index in [1.54, 1.807) is 7.11 Å². The Morgan fingerprint density at radius 1 is 1.35 bits per heavy atom. The van der Waals surface area contributed by atoms with Crippen molar-refractivity contribution in [3.8, 4) is 5.75 Å². The average Bonchev–Trinajstić information content (AvgIpc) is 2.34. The van der Waals surface area contributed by atoms with Gasteiger partial charge in [-0.15, -0.1) is 0 Å². The predicted molar refractivity (Wildman–Crippen MR) is 70.3 cm³/mol. The van der Waals surface area contributed by atoms with Gasteiger partial charge in [0, 0.05) is 12.6 Å². The van der Waals surface area contributed by atoms with Gasteiger partial charge in [0.05, 0.1) is 7.11 Å². The molecule has 1 aromatic carbocycles. The normalized spacial score (nSPS) is 12.8. The lowest BCUT2D eigenvalue weighted by atomic mass is 9.95. The smallest absolute Gasteiger partial charge is 0.122 e. The molecule has 0 amide bonds. The maximum Gasteiger partial charge on any atom is 0.122 e. The molecule has 0 aliphatic carbocycles. The maximum atomic E-state index is 8.81. The Balaban J connectivity index is 2.91. The Bertz CT molecular complexity index is 350. The summed E-state index contributed by atoms with van der Waals surface area (Å²) in [4.78, 5) is 0. The summed E-state index contributed by atoms with van der Waals surface area (Å²) >= 11 is 0. The fraction of sp³-hybridized carbons (Fsp3) is 0.571. The third-order valence-electron chi connectivity index (χ3n) is 2.98. The summed E-state index contributed by atoms with van der Waals surface area (Å²) in [5.41, 5.74) is 8.39. The Kier molecular flexibility index (Phi) is 5.45. The van der Waals surface area contributed by atoms with Gasteiger partial charge >= 0.3 is 0 Å². The molecule has 0 fully saturated rings. The molecular weight excluding hydrogens is 214 g/mol. The van der Waals surface area contributed by atoms with Crippen molar-refractivity contribution in [2.24, 2.45) is 5.73 Å². The van der Waals surface area contributed by atoms with Crippen molar-refractivity contribution >= 4 is 0 Å². The van der Waals surface area contributed by atoms with Crippen LogP contribution in [0.3, 0.4) is 0 Å². The van der Waals surface area contributed by atoms with Crippen LogP contribution in [0.4, 0.5) is 0 Å². The van der Waals surface area contributed by atoms with Crippen LogP contribution in [0.2, 0.25) is 0 Å². The van der Waals surface area contributed by atoms with Crippen LogP contribution in [0, 0.1) is 0 Å². The molecule has 17 heavy (non-hydrogen) atoms. The van der Waals surface area contributed by atoms with Gasteiger partial charge in [0.1, 0.15) is 5.75 Å². The lowest BCUT2D eigenvalue weighted by Crippen LogP contribution is -2.11. The molecule has 0 saturated heterocycles. The van der Waals surface area contributed by atoms with Crippen molar-refractivity contribution in [3.63, 3.8) is 0 Å². The van der Waals surface area contributed by atoms with E-state index >= 15 is 0 Å². The fourth-order valence-electron chi connectivity index (χ4n) is 1.91. The first-order valence-corrected chi connectivity index (χ1v) is 6.14. The van der Waals surface area contributed by atoms with Crippen molar-refractivity contribution in [1.29, 1.82) is 0 Å². The highest BCUT2D eigenvalue weighted by Gasteiger charge is 2.12. The van der Waals surface area contributed by atoms with E-state index in [-0.39, 0.29) is 12.6 Å². The van der Waals surface area contributed by atoms with Crippen LogP contribution >= 0.6 is 0 Å². The summed E-state index contributed by atoms with van der Waals surface area (Å²) in [6.45, 7) is 4.47. The van der Waals surface area contributed by atoms with Crippen LogP contribution in [0.25, 0.3) is 0 Å². The van der Waals surface area contributed by atoms with Gasteiger partial charge in [0.25, 0.3) is 0 Å². The summed E-state index contributed by atoms with van der Waals surface area (Å²) < 4.78 is 5.34. The monoisotopic (exact) mass is 237 g/mol. The first kappa shape index (κ1) is 14.0. The van der Waals surface area contributed by atoms with Gasteiger partial charge in [0.2, 0.25) is 0 Å². The minimum absolute atomic E-state index is 0.00874. The van der Waals surface area contributed by atoms with Crippen LogP contribution in [0.15, 0.2) is 18.2 Å². The molecular formula is C14H23NO2. The van der Waals surface area contributed by atoms with Crippen molar-refractivity contribution in [1.82, 2.24) is 0 Å². The number of hydrogen-bond donors (Lipinski definition) is 2. The molecule has 0 saturated carbocycles. The number of aliphatic hydroxyl groups excluding tert-OH is 1. The third kappa shape index (κ3) is 3.72. The van der Waals surface area contributed by atoms with E-state index in [0.717, 1.165) is 24.2 Å². The maximum absolute atomic E-state index is 8.81. The molecule has 0 bridgehead atoms. The van der Waals surface area contributed by atoms with Gasteiger partial charge in [-0.1, -0.05) is 26.0 Å². The van der Waals surface area contributed by atoms with Crippen LogP contribution in [0.5, 0.6) is 5.75 Å². The molecule has 1 atom stereocenters. The molecule has 3 N–H and O–H groups in total. The number of rotatable bonds is 6. The van der Waals surface area contributed by atoms with E-state index in [9.17, 15) is 0 Å². The first-order valence-electron chi connectivity index (χ1n) is 6.14. The van der Waals surface area contributed by atoms with Crippen molar-refractivity contribution in [2.75, 3.05) is 13.7 Å². The van der Waals surface area contributed by atoms with E-state index in [0.29, 0.717) is 5.92 Å². The molecule has 1 aromatic rings. The molecule has 0 spiro atoms. The Hall–Kier alpha value is -1.06. The highest BCUT2D eigenvalue weighted by molar-refractivity contribution is 5.40. The van der Waals surface area contributed by atoms with E-state index in [4.69, 9.17) is 15.6 Å². The largest absolute Gasteiger partial charge is 0.496 e. The SMILES string of the molecule is COc1ccc(C(N)CCCO)cc1C(C)C. The van der Waals surface area contributed by atoms with E-state index < -0.39 is 0 Å². The van der Waals surface area contributed by atoms with Crippen molar-refractivity contribution < 1.29 is 9.84 Å². The second kappa shape index (κ2) is 6.62. The van der Waals surface area contributed by atoms with Gasteiger partial charge in [0.15, 0.2) is 0 Å². The molecule has 3 heteroatoms. The van der Waals surface area contributed by atoms with Gasteiger partial charge in [-0.2, -0.15) is 0 Å². The molecule has 1 unspecified atom stereocenters. The highest BCUT2D eigenvalue weighted by Crippen LogP contribution is 2.29. The second-order valence-electron chi connectivity index (χ2n) is 4.63. The number of ether oxygens (including phenoxy) is 1. The highest BCUT2D eigenvalue weighted by atomic mass is 16.5. The zero-order valence-electron chi connectivity index (χ0n) is 10.9. The molecule has 0 aliphatic heterocycles. The minimum atomic E-state index is -0.00874. The van der Waals surface area contributed by atoms with Crippen LogP contribution in [0.1, 0.15) is 49.8 Å². The van der Waals surface area contributed by atoms with E-state index in [1.807, 2.05) is 12.1 Å². The quantitative estimate of drug-likeness (QED) is 0.799. The number of nitrogens with two attached hydrogens (primary N) is 1. The molecule has 96 valence electrons. The standard InChI is InChI=1S/C14H23NO2/c1-10(2)12-9-11(6-7-14(12)17-3)13(15)5-4-8-16/h6-7,9-10,13,16H,4-5,8,15H2,1-3H3. The molecule has 0 aliphatic rings. The fourth-order valence-corrected chi connectivity index (χ4v) is 1.91. The first-order chi connectivity index (χ1) is 8.10. The number of hydrogen-bond acceptors (Lipinski definition) is 3. The van der Waals surface area contributed by atoms with Crippen LogP contribution < -0.4 is 10.5 Å². The summed E-state index contributed by atoms with van der Waals surface area (Å²) in [7, 11) is 1.69. The number of aliphatic hydroxyl groups is 1.